The van der Waals surface area contributed by atoms with Gasteiger partial charge in [-0.05, 0) is 54.8 Å². The number of hydrogen-bond donors (Lipinski definition) is 2. The van der Waals surface area contributed by atoms with E-state index < -0.39 is 17.8 Å². The van der Waals surface area contributed by atoms with E-state index in [0.717, 1.165) is 16.0 Å². The molecule has 0 radical (unpaired) electrons. The second-order valence-corrected chi connectivity index (χ2v) is 6.37. The number of phenolic OH excluding ortho intramolecular Hbond substituents is 1. The molecule has 2 aromatic rings. The second kappa shape index (κ2) is 6.65. The molecule has 0 aliphatic carbocycles. The topological polar surface area (TPSA) is 86.7 Å². The highest BCUT2D eigenvalue weighted by Crippen LogP contribution is 2.28. The molecule has 0 aromatic heterocycles. The van der Waals surface area contributed by atoms with Gasteiger partial charge in [-0.25, -0.2) is 9.69 Å². The first kappa shape index (κ1) is 17.7. The monoisotopic (exact) mass is 370 g/mol. The molecule has 0 unspecified atom stereocenters. The first-order valence-corrected chi connectivity index (χ1v) is 8.13. The third kappa shape index (κ3) is 3.19. The molecule has 1 aliphatic heterocycles. The van der Waals surface area contributed by atoms with Crippen LogP contribution in [0.5, 0.6) is 5.75 Å². The first-order valence-electron chi connectivity index (χ1n) is 7.75. The number of nitrogens with zero attached hydrogens (tertiary/aromatic N) is 1. The molecule has 0 saturated carbocycles. The van der Waals surface area contributed by atoms with Crippen LogP contribution < -0.4 is 10.2 Å². The Morgan fingerprint density at radius 2 is 1.81 bits per heavy atom. The van der Waals surface area contributed by atoms with E-state index in [2.05, 4.69) is 5.32 Å². The largest absolute Gasteiger partial charge is 0.506 e. The highest BCUT2D eigenvalue weighted by molar-refractivity contribution is 6.39. The summed E-state index contributed by atoms with van der Waals surface area (Å²) in [5, 5.41) is 11.8. The maximum Gasteiger partial charge on any atom is 0.335 e. The Hall–Kier alpha value is -3.12. The predicted molar refractivity (Wildman–Crippen MR) is 98.0 cm³/mol. The van der Waals surface area contributed by atoms with E-state index in [1.165, 1.54) is 24.3 Å². The summed E-state index contributed by atoms with van der Waals surface area (Å²) >= 11 is 5.86. The van der Waals surface area contributed by atoms with Crippen LogP contribution in [0.2, 0.25) is 5.02 Å². The summed E-state index contributed by atoms with van der Waals surface area (Å²) in [7, 11) is 0. The van der Waals surface area contributed by atoms with Gasteiger partial charge in [0.1, 0.15) is 11.3 Å². The van der Waals surface area contributed by atoms with E-state index >= 15 is 0 Å². The van der Waals surface area contributed by atoms with Gasteiger partial charge in [-0.2, -0.15) is 0 Å². The predicted octanol–water partition coefficient (Wildman–Crippen LogP) is 3.33. The number of aromatic hydroxyl groups is 1. The number of barbiturate groups is 1. The molecule has 0 atom stereocenters. The fourth-order valence-corrected chi connectivity index (χ4v) is 2.81. The highest BCUT2D eigenvalue weighted by atomic mass is 35.5. The number of nitrogens with one attached hydrogen (secondary N) is 1. The maximum absolute atomic E-state index is 12.9. The molecule has 0 bridgehead atoms. The van der Waals surface area contributed by atoms with Crippen LogP contribution in [-0.4, -0.2) is 23.0 Å². The van der Waals surface area contributed by atoms with E-state index in [1.807, 2.05) is 13.0 Å². The molecular weight excluding hydrogens is 356 g/mol. The maximum atomic E-state index is 12.9. The lowest BCUT2D eigenvalue weighted by Crippen LogP contribution is -2.54. The van der Waals surface area contributed by atoms with E-state index in [-0.39, 0.29) is 16.3 Å². The number of rotatable bonds is 2. The number of imide groups is 2. The van der Waals surface area contributed by atoms with Crippen LogP contribution in [0.15, 0.2) is 42.0 Å². The van der Waals surface area contributed by atoms with Crippen molar-refractivity contribution in [3.63, 3.8) is 0 Å². The molecule has 3 rings (SSSR count). The third-order valence-electron chi connectivity index (χ3n) is 3.99. The summed E-state index contributed by atoms with van der Waals surface area (Å²) in [4.78, 5) is 38.2. The molecule has 1 heterocycles. The summed E-state index contributed by atoms with van der Waals surface area (Å²) in [5.74, 6) is -1.62. The summed E-state index contributed by atoms with van der Waals surface area (Å²) in [5.41, 5.74) is 2.25. The summed E-state index contributed by atoms with van der Waals surface area (Å²) < 4.78 is 0. The number of phenols is 1. The van der Waals surface area contributed by atoms with Crippen LogP contribution in [0.3, 0.4) is 0 Å². The highest BCUT2D eigenvalue weighted by Gasteiger charge is 2.37. The van der Waals surface area contributed by atoms with Gasteiger partial charge in [0.25, 0.3) is 11.8 Å². The van der Waals surface area contributed by atoms with E-state index in [1.54, 1.807) is 19.1 Å². The van der Waals surface area contributed by atoms with Gasteiger partial charge in [0.15, 0.2) is 0 Å². The van der Waals surface area contributed by atoms with Gasteiger partial charge in [-0.1, -0.05) is 29.8 Å². The number of amides is 4. The standard InChI is InChI=1S/C19H15ClN2O4/c1-10-3-4-11(2)15(7-10)22-18(25)13(17(24)21-19(22)26)8-12-5-6-16(23)14(20)9-12/h3-9,23H,1-2H3,(H,21,24,26)/b13-8+. The lowest BCUT2D eigenvalue weighted by atomic mass is 10.0. The number of hydrogen-bond acceptors (Lipinski definition) is 4. The van der Waals surface area contributed by atoms with Gasteiger partial charge in [-0.3, -0.25) is 14.9 Å². The van der Waals surface area contributed by atoms with Gasteiger partial charge in [0.2, 0.25) is 0 Å². The van der Waals surface area contributed by atoms with Crippen LogP contribution >= 0.6 is 11.6 Å². The Labute approximate surface area is 154 Å². The number of carbonyl (C=O) groups excluding carboxylic acids is 3. The van der Waals surface area contributed by atoms with Crippen LogP contribution in [0.25, 0.3) is 6.08 Å². The van der Waals surface area contributed by atoms with Crippen molar-refractivity contribution in [1.29, 1.82) is 0 Å². The lowest BCUT2D eigenvalue weighted by Gasteiger charge is -2.27. The van der Waals surface area contributed by atoms with Crippen molar-refractivity contribution in [3.8, 4) is 5.75 Å². The number of halogens is 1. The van der Waals surface area contributed by atoms with Gasteiger partial charge >= 0.3 is 6.03 Å². The van der Waals surface area contributed by atoms with Crippen molar-refractivity contribution in [3.05, 3.63) is 63.7 Å². The Morgan fingerprint density at radius 1 is 1.08 bits per heavy atom. The quantitative estimate of drug-likeness (QED) is 0.627. The molecule has 1 fully saturated rings. The average Bonchev–Trinajstić information content (AvgIpc) is 2.57. The molecule has 1 aliphatic rings. The molecule has 1 saturated heterocycles. The van der Waals surface area contributed by atoms with Crippen LogP contribution in [-0.2, 0) is 9.59 Å². The summed E-state index contributed by atoms with van der Waals surface area (Å²) in [6.07, 6.45) is 1.33. The molecule has 2 aromatic carbocycles. The second-order valence-electron chi connectivity index (χ2n) is 5.96. The molecule has 6 nitrogen and oxygen atoms in total. The SMILES string of the molecule is Cc1ccc(C)c(N2C(=O)NC(=O)/C(=C\c3ccc(O)c(Cl)c3)C2=O)c1. The molecule has 7 heteroatoms. The van der Waals surface area contributed by atoms with Gasteiger partial charge in [-0.15, -0.1) is 0 Å². The van der Waals surface area contributed by atoms with Crippen molar-refractivity contribution in [2.75, 3.05) is 4.90 Å². The fourth-order valence-electron chi connectivity index (χ4n) is 2.62. The minimum Gasteiger partial charge on any atom is -0.506 e. The number of urea groups is 1. The van der Waals surface area contributed by atoms with Crippen LogP contribution in [0.4, 0.5) is 10.5 Å². The molecule has 4 amide bonds. The van der Waals surface area contributed by atoms with Crippen LogP contribution in [0.1, 0.15) is 16.7 Å². The fraction of sp³-hybridized carbons (Fsp3) is 0.105. The Morgan fingerprint density at radius 3 is 2.50 bits per heavy atom. The van der Waals surface area contributed by atoms with Gasteiger partial charge in [0, 0.05) is 0 Å². The zero-order valence-electron chi connectivity index (χ0n) is 14.0. The number of carbonyl (C=O) groups is 3. The van der Waals surface area contributed by atoms with Crippen molar-refractivity contribution in [2.45, 2.75) is 13.8 Å². The molecule has 2 N–H and O–H groups in total. The number of anilines is 1. The smallest absolute Gasteiger partial charge is 0.335 e. The normalized spacial score (nSPS) is 16.2. The summed E-state index contributed by atoms with van der Waals surface area (Å²) in [6.45, 7) is 3.62. The van der Waals surface area contributed by atoms with E-state index in [4.69, 9.17) is 11.6 Å². The van der Waals surface area contributed by atoms with Gasteiger partial charge < -0.3 is 5.11 Å². The Kier molecular flexibility index (Phi) is 4.52. The van der Waals surface area contributed by atoms with E-state index in [0.29, 0.717) is 11.3 Å². The van der Waals surface area contributed by atoms with Crippen LogP contribution in [0, 0.1) is 13.8 Å². The van der Waals surface area contributed by atoms with Gasteiger partial charge in [0.05, 0.1) is 10.7 Å². The van der Waals surface area contributed by atoms with Crippen molar-refractivity contribution in [1.82, 2.24) is 5.32 Å². The third-order valence-corrected chi connectivity index (χ3v) is 4.29. The Balaban J connectivity index is 2.07. The first-order chi connectivity index (χ1) is 12.3. The zero-order chi connectivity index (χ0) is 19.0. The molecule has 132 valence electrons. The van der Waals surface area contributed by atoms with E-state index in [9.17, 15) is 19.5 Å². The number of aryl methyl sites for hydroxylation is 2. The molecular formula is C19H15ClN2O4. The van der Waals surface area contributed by atoms with Crippen molar-refractivity contribution in [2.24, 2.45) is 0 Å². The van der Waals surface area contributed by atoms with Crippen molar-refractivity contribution < 1.29 is 19.5 Å². The zero-order valence-corrected chi connectivity index (χ0v) is 14.8. The minimum absolute atomic E-state index is 0.0884. The lowest BCUT2D eigenvalue weighted by molar-refractivity contribution is -0.122. The summed E-state index contributed by atoms with van der Waals surface area (Å²) in [6, 6.07) is 8.85. The van der Waals surface area contributed by atoms with Crippen molar-refractivity contribution >= 4 is 41.2 Å². The molecule has 0 spiro atoms. The average molecular weight is 371 g/mol. The molecule has 26 heavy (non-hydrogen) atoms. The minimum atomic E-state index is -0.797. The number of benzene rings is 2. The Bertz CT molecular complexity index is 981.